The van der Waals surface area contributed by atoms with Crippen molar-refractivity contribution >= 4 is 94.6 Å². The van der Waals surface area contributed by atoms with Gasteiger partial charge in [-0.2, -0.15) is 0 Å². The van der Waals surface area contributed by atoms with Gasteiger partial charge in [-0.15, -0.1) is 0 Å². The maximum atomic E-state index is 14.4. The number of methoxy groups -OCH3 is 1. The summed E-state index contributed by atoms with van der Waals surface area (Å²) in [6.07, 6.45) is 2.70. The summed E-state index contributed by atoms with van der Waals surface area (Å²) in [6, 6.07) is -1.40. The molecule has 0 radical (unpaired) electrons. The highest BCUT2D eigenvalue weighted by atomic mass is 16.6. The number of hydrogen-bond donors (Lipinski definition) is 9. The van der Waals surface area contributed by atoms with Gasteiger partial charge < -0.3 is 105 Å². The van der Waals surface area contributed by atoms with Crippen LogP contribution in [0.3, 0.4) is 0 Å². The van der Waals surface area contributed by atoms with Crippen molar-refractivity contribution in [3.8, 4) is 5.75 Å². The number of carbonyl (C=O) groups excluding carboxylic acids is 15. The summed E-state index contributed by atoms with van der Waals surface area (Å²) in [5.74, 6) is -11.4. The van der Waals surface area contributed by atoms with Crippen LogP contribution in [0.1, 0.15) is 144 Å². The lowest BCUT2D eigenvalue weighted by Gasteiger charge is -2.28. The highest BCUT2D eigenvalue weighted by molar-refractivity contribution is 6.13. The lowest BCUT2D eigenvalue weighted by molar-refractivity contribution is -0.160. The van der Waals surface area contributed by atoms with Crippen LogP contribution >= 0.6 is 0 Å². The summed E-state index contributed by atoms with van der Waals surface area (Å²) in [6.45, 7) is 17.6. The highest BCUT2D eigenvalue weighted by Gasteiger charge is 2.38. The zero-order valence-electron chi connectivity index (χ0n) is 68.2. The number of unbranched alkanes of at least 4 members (excludes halogenated alkanes) is 1. The molecule has 3 heterocycles. The van der Waals surface area contributed by atoms with E-state index in [4.69, 9.17) is 56.8 Å². The fourth-order valence-electron chi connectivity index (χ4n) is 11.1. The Labute approximate surface area is 677 Å². The summed E-state index contributed by atoms with van der Waals surface area (Å²) in [7, 11) is 1.63. The zero-order valence-corrected chi connectivity index (χ0v) is 68.2. The second-order valence-electron chi connectivity index (χ2n) is 29.1. The normalized spacial score (nSPS) is 17.8. The SMILES string of the molecule is COCCOCCCOCCOCCOCCOCCOCCOCCOCCC(=O)NCCCC[C@H]1NC(=O)CCCNC(=O)[C@H](NC(=O)CCN2C(=O)C=CC2=O)[C@@H](NC(=O)CCN2C(=O)C=CC2=O)C(=O)NCCCC(=O)Oc2ccc(C[C@@H](C[C@H](C)C(=O)OC(C)(C)C)NC(=O)OC(C)(C)C)cc2NC(=O)CCCNC1=O. The van der Waals surface area contributed by atoms with Gasteiger partial charge in [-0.3, -0.25) is 76.9 Å². The van der Waals surface area contributed by atoms with Crippen molar-refractivity contribution in [2.45, 2.75) is 180 Å². The fourth-order valence-corrected chi connectivity index (χ4v) is 11.1. The number of anilines is 1. The second-order valence-corrected chi connectivity index (χ2v) is 29.1. The molecule has 3 aliphatic rings. The Morgan fingerprint density at radius 2 is 0.966 bits per heavy atom. The van der Waals surface area contributed by atoms with Crippen LogP contribution < -0.4 is 52.6 Å². The van der Waals surface area contributed by atoms with Crippen LogP contribution in [-0.4, -0.2) is 293 Å². The summed E-state index contributed by atoms with van der Waals surface area (Å²) in [5.41, 5.74) is -1.22. The Hall–Kier alpha value is -9.41. The minimum atomic E-state index is -1.99. The molecule has 1 aromatic rings. The standard InChI is InChI=1S/C78H121N11O27/c1-54(75(103)115-77(2,3)4)51-56(83-76(104)116-78(5,6)7)52-55-19-20-59-58(53-55)85-62(92)17-11-29-80-72(100)57(15-9-10-28-79-60(90)27-36-108-40-42-110-44-46-112-48-50-113-49-47-111-45-43-109-41-39-107-35-14-34-106-38-37-105-8)84-61(91)16-12-30-81-73(101)70(86-63(93)25-32-88-65(95)21-22-66(88)96)71(74(102)82-31-13-18-69(99)114-59)87-64(94)26-33-89-67(97)23-24-68(89)98/h19-24,53-54,56-57,70-71H,9-18,25-52H2,1-8H3,(H,79,90)(H,80,100)(H,81,101)(H,82,102)(H,83,104)(H,84,91)(H,85,92)(H,86,93)(H,87,94)/t54-,56+,57+,70+,71+/m0/s1. The van der Waals surface area contributed by atoms with E-state index in [0.29, 0.717) is 111 Å². The van der Waals surface area contributed by atoms with Crippen molar-refractivity contribution in [2.75, 3.05) is 164 Å². The summed E-state index contributed by atoms with van der Waals surface area (Å²) in [5, 5.41) is 23.8. The molecular weight excluding hydrogens is 1520 g/mol. The predicted molar refractivity (Wildman–Crippen MR) is 415 cm³/mol. The van der Waals surface area contributed by atoms with Crippen molar-refractivity contribution in [2.24, 2.45) is 5.92 Å². The van der Waals surface area contributed by atoms with Crippen LogP contribution in [0.5, 0.6) is 5.75 Å². The lowest BCUT2D eigenvalue weighted by atomic mass is 9.95. The number of ether oxygens (including phenoxy) is 12. The number of hydrogen-bond acceptors (Lipinski definition) is 27. The van der Waals surface area contributed by atoms with E-state index in [1.807, 2.05) is 0 Å². The lowest BCUT2D eigenvalue weighted by Crippen LogP contribution is -2.64. The van der Waals surface area contributed by atoms with Crippen LogP contribution in [0.15, 0.2) is 42.5 Å². The molecule has 0 fully saturated rings. The molecule has 0 saturated carbocycles. The number of nitrogens with zero attached hydrogens (tertiary/aromatic N) is 2. The number of alkyl carbamates (subject to hydrolysis) is 1. The monoisotopic (exact) mass is 1640 g/mol. The highest BCUT2D eigenvalue weighted by Crippen LogP contribution is 2.29. The minimum absolute atomic E-state index is 0.000285. The quantitative estimate of drug-likeness (QED) is 0.0190. The number of fused-ring (bicyclic) bond motifs is 1. The van der Waals surface area contributed by atoms with Crippen molar-refractivity contribution in [1.29, 1.82) is 0 Å². The number of amides is 13. The van der Waals surface area contributed by atoms with Gasteiger partial charge >= 0.3 is 18.0 Å². The van der Waals surface area contributed by atoms with Gasteiger partial charge in [-0.25, -0.2) is 4.79 Å². The molecule has 0 unspecified atom stereocenters. The van der Waals surface area contributed by atoms with Crippen LogP contribution in [0.4, 0.5) is 10.5 Å². The molecule has 116 heavy (non-hydrogen) atoms. The molecule has 650 valence electrons. The van der Waals surface area contributed by atoms with Crippen molar-refractivity contribution in [3.05, 3.63) is 48.1 Å². The van der Waals surface area contributed by atoms with E-state index in [1.54, 1.807) is 61.6 Å². The van der Waals surface area contributed by atoms with Crippen molar-refractivity contribution < 1.29 is 129 Å². The molecule has 9 N–H and O–H groups in total. The van der Waals surface area contributed by atoms with E-state index < -0.39 is 157 Å². The summed E-state index contributed by atoms with van der Waals surface area (Å²) in [4.78, 5) is 202. The van der Waals surface area contributed by atoms with Crippen LogP contribution in [0.25, 0.3) is 0 Å². The molecule has 38 heteroatoms. The summed E-state index contributed by atoms with van der Waals surface area (Å²) >= 11 is 0. The van der Waals surface area contributed by atoms with Gasteiger partial charge in [0.15, 0.2) is 5.75 Å². The number of carbonyl (C=O) groups is 15. The minimum Gasteiger partial charge on any atom is -0.460 e. The van der Waals surface area contributed by atoms with Gasteiger partial charge in [0.05, 0.1) is 111 Å². The number of rotatable bonds is 47. The second kappa shape index (κ2) is 56.0. The van der Waals surface area contributed by atoms with E-state index in [9.17, 15) is 71.9 Å². The number of benzene rings is 1. The molecule has 3 aliphatic heterocycles. The van der Waals surface area contributed by atoms with E-state index in [1.165, 1.54) is 12.1 Å². The first kappa shape index (κ1) is 99.0. The number of imide groups is 2. The molecule has 0 aromatic heterocycles. The molecule has 1 aromatic carbocycles. The first-order valence-corrected chi connectivity index (χ1v) is 39.4. The average Bonchev–Trinajstić information content (AvgIpc) is 1.06. The molecule has 0 aliphatic carbocycles. The van der Waals surface area contributed by atoms with Gasteiger partial charge in [-0.05, 0) is 117 Å². The molecule has 38 nitrogen and oxygen atoms in total. The third-order valence-electron chi connectivity index (χ3n) is 16.9. The predicted octanol–water partition coefficient (Wildman–Crippen LogP) is 0.967. The molecule has 0 bridgehead atoms. The van der Waals surface area contributed by atoms with Crippen LogP contribution in [-0.2, 0) is 126 Å². The van der Waals surface area contributed by atoms with Gasteiger partial charge in [-0.1, -0.05) is 13.0 Å². The van der Waals surface area contributed by atoms with Crippen molar-refractivity contribution in [1.82, 2.24) is 52.3 Å². The number of nitrogens with one attached hydrogen (secondary N) is 9. The molecule has 0 spiro atoms. The van der Waals surface area contributed by atoms with Crippen molar-refractivity contribution in [3.63, 3.8) is 0 Å². The van der Waals surface area contributed by atoms with Gasteiger partial charge in [0.25, 0.3) is 23.6 Å². The Bertz CT molecular complexity index is 3360. The summed E-state index contributed by atoms with van der Waals surface area (Å²) < 4.78 is 66.0. The van der Waals surface area contributed by atoms with Crippen LogP contribution in [0, 0.1) is 5.92 Å². The average molecular weight is 1640 g/mol. The first-order chi connectivity index (χ1) is 55.4. The van der Waals surface area contributed by atoms with Gasteiger partial charge in [0, 0.05) is 128 Å². The molecule has 0 saturated heterocycles. The van der Waals surface area contributed by atoms with E-state index in [-0.39, 0.29) is 121 Å². The Kier molecular flexibility index (Phi) is 47.8. The largest absolute Gasteiger partial charge is 0.460 e. The van der Waals surface area contributed by atoms with E-state index >= 15 is 0 Å². The number of esters is 2. The van der Waals surface area contributed by atoms with Gasteiger partial charge in [0.1, 0.15) is 29.3 Å². The van der Waals surface area contributed by atoms with E-state index in [0.717, 1.165) is 40.5 Å². The topological polar surface area (TPSA) is 482 Å². The van der Waals surface area contributed by atoms with E-state index in [2.05, 4.69) is 47.9 Å². The van der Waals surface area contributed by atoms with Gasteiger partial charge in [0.2, 0.25) is 47.3 Å². The third-order valence-corrected chi connectivity index (χ3v) is 16.9. The molecule has 4 rings (SSSR count). The smallest absolute Gasteiger partial charge is 0.407 e. The Morgan fingerprint density at radius 1 is 0.517 bits per heavy atom. The maximum absolute atomic E-state index is 14.4. The molecule has 13 amide bonds. The Morgan fingerprint density at radius 3 is 1.45 bits per heavy atom. The van der Waals surface area contributed by atoms with Crippen LogP contribution in [0.2, 0.25) is 0 Å². The molecular formula is C78H121N11O27. The Balaban J connectivity index is 1.42. The third kappa shape index (κ3) is 44.1. The zero-order chi connectivity index (χ0) is 85.1. The maximum Gasteiger partial charge on any atom is 0.407 e. The molecule has 5 atom stereocenters. The first-order valence-electron chi connectivity index (χ1n) is 39.4. The fraction of sp³-hybridized carbons (Fsp3) is 0.679.